The summed E-state index contributed by atoms with van der Waals surface area (Å²) in [6.07, 6.45) is -3.78. The number of anilines is 1. The zero-order valence-corrected chi connectivity index (χ0v) is 15.1. The van der Waals surface area contributed by atoms with Crippen molar-refractivity contribution < 1.29 is 26.5 Å². The van der Waals surface area contributed by atoms with Crippen LogP contribution in [-0.4, -0.2) is 19.9 Å². The van der Waals surface area contributed by atoms with Gasteiger partial charge in [0.15, 0.2) is 0 Å². The molecule has 1 aliphatic heterocycles. The zero-order valence-electron chi connectivity index (χ0n) is 13.5. The number of nitro benzene ring substituents is 1. The lowest BCUT2D eigenvalue weighted by Crippen LogP contribution is -2.35. The quantitative estimate of drug-likeness (QED) is 0.544. The van der Waals surface area contributed by atoms with Gasteiger partial charge in [0.1, 0.15) is 5.02 Å². The maximum atomic E-state index is 13.0. The van der Waals surface area contributed by atoms with Crippen LogP contribution in [0.5, 0.6) is 0 Å². The van der Waals surface area contributed by atoms with E-state index in [9.17, 15) is 31.7 Å². The maximum absolute atomic E-state index is 13.0. The highest BCUT2D eigenvalue weighted by molar-refractivity contribution is 7.92. The van der Waals surface area contributed by atoms with Gasteiger partial charge >= 0.3 is 6.18 Å². The second-order valence-corrected chi connectivity index (χ2v) is 8.16. The lowest BCUT2D eigenvalue weighted by Gasteiger charge is -2.31. The Balaban J connectivity index is 2.13. The van der Waals surface area contributed by atoms with Gasteiger partial charge in [0.05, 0.1) is 21.1 Å². The topological polar surface area (TPSA) is 80.5 Å². The van der Waals surface area contributed by atoms with Gasteiger partial charge in [-0.3, -0.25) is 14.4 Å². The monoisotopic (exact) mass is 420 g/mol. The zero-order chi connectivity index (χ0) is 20.0. The van der Waals surface area contributed by atoms with Crippen LogP contribution in [-0.2, 0) is 22.6 Å². The van der Waals surface area contributed by atoms with Crippen molar-refractivity contribution in [3.63, 3.8) is 0 Å². The minimum atomic E-state index is -4.62. The molecule has 0 bridgehead atoms. The number of fused-ring (bicyclic) bond motifs is 1. The fourth-order valence-electron chi connectivity index (χ4n) is 2.89. The highest BCUT2D eigenvalue weighted by Crippen LogP contribution is 2.38. The van der Waals surface area contributed by atoms with Crippen LogP contribution >= 0.6 is 11.6 Å². The summed E-state index contributed by atoms with van der Waals surface area (Å²) >= 11 is 5.70. The molecule has 0 amide bonds. The van der Waals surface area contributed by atoms with Gasteiger partial charge in [-0.05, 0) is 42.7 Å². The van der Waals surface area contributed by atoms with Crippen molar-refractivity contribution in [2.24, 2.45) is 0 Å². The van der Waals surface area contributed by atoms with E-state index in [-0.39, 0.29) is 17.3 Å². The first kappa shape index (κ1) is 19.4. The molecular weight excluding hydrogens is 409 g/mol. The molecule has 0 aromatic heterocycles. The standard InChI is InChI=1S/C16H12ClF3N2O4S/c17-13-6-5-12(9-15(13)22(23)24)27(25,26)21-7-1-2-10-3-4-11(8-14(10)21)16(18,19)20/h3-6,8-9H,1-2,7H2. The average Bonchev–Trinajstić information content (AvgIpc) is 2.59. The van der Waals surface area contributed by atoms with Crippen LogP contribution in [0.15, 0.2) is 41.3 Å². The molecule has 1 aliphatic rings. The molecule has 0 radical (unpaired) electrons. The third kappa shape index (κ3) is 3.59. The number of nitrogens with zero attached hydrogens (tertiary/aromatic N) is 2. The van der Waals surface area contributed by atoms with E-state index in [1.165, 1.54) is 6.07 Å². The second kappa shape index (κ2) is 6.68. The first-order valence-corrected chi connectivity index (χ1v) is 9.50. The van der Waals surface area contributed by atoms with Gasteiger partial charge in [-0.1, -0.05) is 17.7 Å². The lowest BCUT2D eigenvalue weighted by atomic mass is 10.0. The van der Waals surface area contributed by atoms with E-state index < -0.39 is 37.3 Å². The van der Waals surface area contributed by atoms with Crippen molar-refractivity contribution in [3.8, 4) is 0 Å². The van der Waals surface area contributed by atoms with E-state index in [0.29, 0.717) is 18.4 Å². The molecule has 3 rings (SSSR count). The molecule has 0 spiro atoms. The highest BCUT2D eigenvalue weighted by Gasteiger charge is 2.35. The fraction of sp³-hybridized carbons (Fsp3) is 0.250. The number of alkyl halides is 3. The van der Waals surface area contributed by atoms with Crippen molar-refractivity contribution in [1.82, 2.24) is 0 Å². The molecule has 0 saturated carbocycles. The van der Waals surface area contributed by atoms with Gasteiger partial charge in [0.25, 0.3) is 15.7 Å². The van der Waals surface area contributed by atoms with E-state index >= 15 is 0 Å². The number of sulfonamides is 1. The average molecular weight is 421 g/mol. The minimum Gasteiger partial charge on any atom is -0.266 e. The first-order valence-electron chi connectivity index (χ1n) is 7.68. The maximum Gasteiger partial charge on any atom is 0.416 e. The predicted molar refractivity (Wildman–Crippen MR) is 92.4 cm³/mol. The van der Waals surface area contributed by atoms with E-state index in [2.05, 4.69) is 0 Å². The van der Waals surface area contributed by atoms with Gasteiger partial charge in [0.2, 0.25) is 0 Å². The van der Waals surface area contributed by atoms with E-state index in [1.807, 2.05) is 0 Å². The molecule has 0 unspecified atom stereocenters. The number of nitro groups is 1. The third-order valence-corrected chi connectivity index (χ3v) is 6.32. The molecule has 1 heterocycles. The van der Waals surface area contributed by atoms with Gasteiger partial charge in [0, 0.05) is 12.6 Å². The smallest absolute Gasteiger partial charge is 0.266 e. The highest BCUT2D eigenvalue weighted by atomic mass is 35.5. The molecule has 0 atom stereocenters. The predicted octanol–water partition coefficient (Wildman–Crippen LogP) is 4.41. The molecule has 11 heteroatoms. The molecule has 0 saturated heterocycles. The molecular formula is C16H12ClF3N2O4S. The van der Waals surface area contributed by atoms with Gasteiger partial charge < -0.3 is 0 Å². The molecule has 2 aromatic rings. The Hall–Kier alpha value is -2.33. The molecule has 2 aromatic carbocycles. The van der Waals surface area contributed by atoms with E-state index in [0.717, 1.165) is 34.6 Å². The number of rotatable bonds is 3. The van der Waals surface area contributed by atoms with Crippen molar-refractivity contribution in [2.75, 3.05) is 10.8 Å². The Morgan fingerprint density at radius 1 is 1.15 bits per heavy atom. The Bertz CT molecular complexity index is 1020. The number of aryl methyl sites for hydroxylation is 1. The van der Waals surface area contributed by atoms with Gasteiger partial charge in [-0.15, -0.1) is 0 Å². The van der Waals surface area contributed by atoms with Crippen molar-refractivity contribution in [3.05, 3.63) is 62.7 Å². The van der Waals surface area contributed by atoms with Crippen molar-refractivity contribution in [1.29, 1.82) is 0 Å². The minimum absolute atomic E-state index is 0.0347. The largest absolute Gasteiger partial charge is 0.416 e. The number of benzene rings is 2. The molecule has 144 valence electrons. The van der Waals surface area contributed by atoms with Crippen LogP contribution in [0.2, 0.25) is 5.02 Å². The van der Waals surface area contributed by atoms with Crippen LogP contribution in [0.4, 0.5) is 24.5 Å². The molecule has 27 heavy (non-hydrogen) atoms. The normalized spacial score (nSPS) is 14.7. The molecule has 6 nitrogen and oxygen atoms in total. The summed E-state index contributed by atoms with van der Waals surface area (Å²) in [5.41, 5.74) is -1.18. The Labute approximate surface area is 157 Å². The van der Waals surface area contributed by atoms with E-state index in [1.54, 1.807) is 0 Å². The van der Waals surface area contributed by atoms with Gasteiger partial charge in [-0.25, -0.2) is 8.42 Å². The van der Waals surface area contributed by atoms with Crippen LogP contribution in [0.3, 0.4) is 0 Å². The number of hydrogen-bond acceptors (Lipinski definition) is 4. The number of hydrogen-bond donors (Lipinski definition) is 0. The summed E-state index contributed by atoms with van der Waals surface area (Å²) in [6, 6.07) is 5.91. The summed E-state index contributed by atoms with van der Waals surface area (Å²) in [5.74, 6) is 0. The van der Waals surface area contributed by atoms with Crippen molar-refractivity contribution in [2.45, 2.75) is 23.9 Å². The lowest BCUT2D eigenvalue weighted by molar-refractivity contribution is -0.384. The molecule has 0 fully saturated rings. The SMILES string of the molecule is O=[N+]([O-])c1cc(S(=O)(=O)N2CCCc3ccc(C(F)(F)F)cc32)ccc1Cl. The Morgan fingerprint density at radius 2 is 1.85 bits per heavy atom. The summed E-state index contributed by atoms with van der Waals surface area (Å²) in [5, 5.41) is 10.8. The van der Waals surface area contributed by atoms with Crippen LogP contribution < -0.4 is 4.31 Å². The van der Waals surface area contributed by atoms with E-state index in [4.69, 9.17) is 11.6 Å². The Morgan fingerprint density at radius 3 is 2.48 bits per heavy atom. The van der Waals surface area contributed by atoms with Gasteiger partial charge in [-0.2, -0.15) is 13.2 Å². The summed E-state index contributed by atoms with van der Waals surface area (Å²) in [7, 11) is -4.31. The molecule has 0 N–H and O–H groups in total. The van der Waals surface area contributed by atoms with Crippen LogP contribution in [0.1, 0.15) is 17.5 Å². The summed E-state index contributed by atoms with van der Waals surface area (Å²) < 4.78 is 65.9. The third-order valence-electron chi connectivity index (χ3n) is 4.19. The first-order chi connectivity index (χ1) is 12.5. The van der Waals surface area contributed by atoms with Crippen LogP contribution in [0.25, 0.3) is 0 Å². The summed E-state index contributed by atoms with van der Waals surface area (Å²) in [6.45, 7) is -0.0347. The second-order valence-electron chi connectivity index (χ2n) is 5.89. The van der Waals surface area contributed by atoms with Crippen LogP contribution in [0, 0.1) is 10.1 Å². The number of halogens is 4. The Kier molecular flexibility index (Phi) is 4.81. The molecule has 0 aliphatic carbocycles. The summed E-state index contributed by atoms with van der Waals surface area (Å²) in [4.78, 5) is 9.78. The van der Waals surface area contributed by atoms with Crippen molar-refractivity contribution >= 4 is 33.0 Å². The fourth-order valence-corrected chi connectivity index (χ4v) is 4.63.